The molecule has 4 nitrogen and oxygen atoms in total. The number of esters is 1. The zero-order valence-electron chi connectivity index (χ0n) is 11.3. The zero-order valence-corrected chi connectivity index (χ0v) is 11.3. The lowest BCUT2D eigenvalue weighted by atomic mass is 10.0. The van der Waals surface area contributed by atoms with Crippen LogP contribution in [0, 0.1) is 0 Å². The predicted molar refractivity (Wildman–Crippen MR) is 73.1 cm³/mol. The number of carbonyl (C=O) groups excluding carboxylic acids is 1. The molecule has 0 bridgehead atoms. The van der Waals surface area contributed by atoms with Crippen LogP contribution in [0.5, 0.6) is 0 Å². The molecule has 3 rings (SSSR count). The number of benzene rings is 1. The normalized spacial score (nSPS) is 27.0. The fraction of sp³-hybridized carbons (Fsp3) is 0.533. The highest BCUT2D eigenvalue weighted by atomic mass is 16.5. The number of fused-ring (bicyclic) bond motifs is 1. The molecule has 1 aromatic rings. The van der Waals surface area contributed by atoms with E-state index in [0.717, 1.165) is 19.1 Å². The Morgan fingerprint density at radius 3 is 2.89 bits per heavy atom. The maximum Gasteiger partial charge on any atom is 0.337 e. The number of hydrogen-bond donors (Lipinski definition) is 1. The van der Waals surface area contributed by atoms with Crippen molar-refractivity contribution in [3.63, 3.8) is 0 Å². The van der Waals surface area contributed by atoms with Crippen LogP contribution in [-0.2, 0) is 4.74 Å². The van der Waals surface area contributed by atoms with Crippen molar-refractivity contribution in [1.82, 2.24) is 10.2 Å². The third-order valence-corrected chi connectivity index (χ3v) is 4.25. The van der Waals surface area contributed by atoms with E-state index in [-0.39, 0.29) is 5.97 Å². The minimum Gasteiger partial charge on any atom is -0.465 e. The van der Waals surface area contributed by atoms with Crippen LogP contribution in [-0.4, -0.2) is 43.7 Å². The SMILES string of the molecule is COC(=O)c1ccc([C@@H]2CN3CCC[C@H]3CN2)cc1. The van der Waals surface area contributed by atoms with Gasteiger partial charge in [-0.15, -0.1) is 0 Å². The molecule has 2 atom stereocenters. The molecule has 0 radical (unpaired) electrons. The van der Waals surface area contributed by atoms with Crippen molar-refractivity contribution < 1.29 is 9.53 Å². The van der Waals surface area contributed by atoms with Gasteiger partial charge in [-0.05, 0) is 37.1 Å². The summed E-state index contributed by atoms with van der Waals surface area (Å²) in [6.45, 7) is 3.37. The van der Waals surface area contributed by atoms with Crippen molar-refractivity contribution in [3.8, 4) is 0 Å². The summed E-state index contributed by atoms with van der Waals surface area (Å²) in [6, 6.07) is 8.85. The van der Waals surface area contributed by atoms with E-state index in [4.69, 9.17) is 4.74 Å². The third kappa shape index (κ3) is 2.51. The van der Waals surface area contributed by atoms with E-state index < -0.39 is 0 Å². The Balaban J connectivity index is 1.70. The number of carbonyl (C=O) groups is 1. The quantitative estimate of drug-likeness (QED) is 0.820. The van der Waals surface area contributed by atoms with E-state index >= 15 is 0 Å². The van der Waals surface area contributed by atoms with E-state index in [9.17, 15) is 4.79 Å². The van der Waals surface area contributed by atoms with Gasteiger partial charge in [-0.3, -0.25) is 4.90 Å². The second-order valence-electron chi connectivity index (χ2n) is 5.37. The minimum absolute atomic E-state index is 0.275. The highest BCUT2D eigenvalue weighted by Crippen LogP contribution is 2.26. The first-order chi connectivity index (χ1) is 9.28. The van der Waals surface area contributed by atoms with Crippen molar-refractivity contribution in [3.05, 3.63) is 35.4 Å². The number of ether oxygens (including phenoxy) is 1. The first-order valence-corrected chi connectivity index (χ1v) is 6.93. The number of rotatable bonds is 2. The smallest absolute Gasteiger partial charge is 0.337 e. The van der Waals surface area contributed by atoms with E-state index in [0.29, 0.717) is 11.6 Å². The van der Waals surface area contributed by atoms with Crippen molar-refractivity contribution in [2.75, 3.05) is 26.7 Å². The number of methoxy groups -OCH3 is 1. The van der Waals surface area contributed by atoms with E-state index in [1.807, 2.05) is 24.3 Å². The number of piperazine rings is 1. The van der Waals surface area contributed by atoms with E-state index in [1.54, 1.807) is 0 Å². The van der Waals surface area contributed by atoms with Gasteiger partial charge in [0.05, 0.1) is 12.7 Å². The summed E-state index contributed by atoms with van der Waals surface area (Å²) in [4.78, 5) is 14.0. The summed E-state index contributed by atoms with van der Waals surface area (Å²) in [5.41, 5.74) is 1.86. The summed E-state index contributed by atoms with van der Waals surface area (Å²) >= 11 is 0. The zero-order chi connectivity index (χ0) is 13.2. The monoisotopic (exact) mass is 260 g/mol. The van der Waals surface area contributed by atoms with Crippen LogP contribution in [0.4, 0.5) is 0 Å². The maximum atomic E-state index is 11.4. The maximum absolute atomic E-state index is 11.4. The Kier molecular flexibility index (Phi) is 3.53. The number of hydrogen-bond acceptors (Lipinski definition) is 4. The third-order valence-electron chi connectivity index (χ3n) is 4.25. The molecule has 0 spiro atoms. The summed E-state index contributed by atoms with van der Waals surface area (Å²) in [6.07, 6.45) is 2.64. The van der Waals surface area contributed by atoms with Crippen molar-refractivity contribution in [2.45, 2.75) is 24.9 Å². The highest BCUT2D eigenvalue weighted by Gasteiger charge is 2.31. The van der Waals surface area contributed by atoms with E-state index in [2.05, 4.69) is 10.2 Å². The molecule has 0 saturated carbocycles. The van der Waals surface area contributed by atoms with Crippen LogP contribution in [0.25, 0.3) is 0 Å². The molecule has 1 N–H and O–H groups in total. The molecule has 0 amide bonds. The van der Waals surface area contributed by atoms with Gasteiger partial charge in [-0.1, -0.05) is 12.1 Å². The number of nitrogens with zero attached hydrogens (tertiary/aromatic N) is 1. The fourth-order valence-corrected chi connectivity index (χ4v) is 3.14. The fourth-order valence-electron chi connectivity index (χ4n) is 3.14. The Labute approximate surface area is 113 Å². The largest absolute Gasteiger partial charge is 0.465 e. The molecule has 2 fully saturated rings. The molecular formula is C15H20N2O2. The van der Waals surface area contributed by atoms with Crippen LogP contribution in [0.1, 0.15) is 34.8 Å². The first-order valence-electron chi connectivity index (χ1n) is 6.93. The summed E-state index contributed by atoms with van der Waals surface area (Å²) < 4.78 is 4.72. The summed E-state index contributed by atoms with van der Waals surface area (Å²) in [5, 5.41) is 3.61. The Bertz CT molecular complexity index is 458. The predicted octanol–water partition coefficient (Wildman–Crippen LogP) is 1.58. The molecular weight excluding hydrogens is 240 g/mol. The minimum atomic E-state index is -0.275. The molecule has 2 saturated heterocycles. The Morgan fingerprint density at radius 1 is 1.37 bits per heavy atom. The van der Waals surface area contributed by atoms with Gasteiger partial charge in [0.2, 0.25) is 0 Å². The first kappa shape index (κ1) is 12.6. The van der Waals surface area contributed by atoms with Gasteiger partial charge < -0.3 is 10.1 Å². The van der Waals surface area contributed by atoms with Gasteiger partial charge in [-0.25, -0.2) is 4.79 Å². The molecule has 102 valence electrons. The van der Waals surface area contributed by atoms with Gasteiger partial charge in [0.25, 0.3) is 0 Å². The van der Waals surface area contributed by atoms with Gasteiger partial charge in [0.1, 0.15) is 0 Å². The van der Waals surface area contributed by atoms with Crippen LogP contribution < -0.4 is 5.32 Å². The summed E-state index contributed by atoms with van der Waals surface area (Å²) in [5.74, 6) is -0.275. The van der Waals surface area contributed by atoms with Crippen molar-refractivity contribution in [2.24, 2.45) is 0 Å². The average Bonchev–Trinajstić information content (AvgIpc) is 2.94. The molecule has 2 aliphatic rings. The molecule has 2 aliphatic heterocycles. The lowest BCUT2D eigenvalue weighted by molar-refractivity contribution is 0.0600. The molecule has 1 aromatic carbocycles. The second-order valence-corrected chi connectivity index (χ2v) is 5.37. The van der Waals surface area contributed by atoms with Gasteiger partial charge >= 0.3 is 5.97 Å². The molecule has 0 aromatic heterocycles. The Hall–Kier alpha value is -1.39. The van der Waals surface area contributed by atoms with Crippen molar-refractivity contribution >= 4 is 5.97 Å². The van der Waals surface area contributed by atoms with Crippen molar-refractivity contribution in [1.29, 1.82) is 0 Å². The lowest BCUT2D eigenvalue weighted by Gasteiger charge is -2.36. The number of nitrogens with one attached hydrogen (secondary N) is 1. The highest BCUT2D eigenvalue weighted by molar-refractivity contribution is 5.89. The standard InChI is InChI=1S/C15H20N2O2/c1-19-15(18)12-6-4-11(5-7-12)14-10-17-8-2-3-13(17)9-16-14/h4-7,13-14,16H,2-3,8-10H2,1H3/t13-,14-/m0/s1. The van der Waals surface area contributed by atoms with Crippen LogP contribution >= 0.6 is 0 Å². The molecule has 0 aliphatic carbocycles. The lowest BCUT2D eigenvalue weighted by Crippen LogP contribution is -2.49. The van der Waals surface area contributed by atoms with Gasteiger partial charge in [-0.2, -0.15) is 0 Å². The van der Waals surface area contributed by atoms with Crippen LogP contribution in [0.2, 0.25) is 0 Å². The molecule has 0 unspecified atom stereocenters. The van der Waals surface area contributed by atoms with Gasteiger partial charge in [0.15, 0.2) is 0 Å². The topological polar surface area (TPSA) is 41.6 Å². The molecule has 2 heterocycles. The van der Waals surface area contributed by atoms with Crippen LogP contribution in [0.15, 0.2) is 24.3 Å². The van der Waals surface area contributed by atoms with Gasteiger partial charge in [0, 0.05) is 25.2 Å². The summed E-state index contributed by atoms with van der Waals surface area (Å²) in [7, 11) is 1.41. The Morgan fingerprint density at radius 2 is 2.16 bits per heavy atom. The van der Waals surface area contributed by atoms with E-state index in [1.165, 1.54) is 32.1 Å². The molecule has 4 heteroatoms. The second kappa shape index (κ2) is 5.31. The van der Waals surface area contributed by atoms with Crippen LogP contribution in [0.3, 0.4) is 0 Å². The molecule has 19 heavy (non-hydrogen) atoms. The average molecular weight is 260 g/mol.